The average molecular weight is 242 g/mol. The van der Waals surface area contributed by atoms with E-state index in [4.69, 9.17) is 10.2 Å². The van der Waals surface area contributed by atoms with Gasteiger partial charge in [0.2, 0.25) is 0 Å². The van der Waals surface area contributed by atoms with Crippen LogP contribution in [0.15, 0.2) is 0 Å². The second-order valence-corrected chi connectivity index (χ2v) is 4.59. The van der Waals surface area contributed by atoms with Crippen molar-refractivity contribution >= 4 is 12.3 Å². The molecular weight excluding hydrogens is 223 g/mol. The van der Waals surface area contributed by atoms with Gasteiger partial charge in [0.1, 0.15) is 6.29 Å². The fraction of sp³-hybridized carbons (Fsp3) is 0.800. The summed E-state index contributed by atoms with van der Waals surface area (Å²) in [5.41, 5.74) is -1.64. The Bertz CT molecular complexity index is 213. The van der Waals surface area contributed by atoms with Gasteiger partial charge in [-0.25, -0.2) is 0 Å². The van der Waals surface area contributed by atoms with Crippen LogP contribution in [-0.4, -0.2) is 35.7 Å². The number of carbonyl (C=O) groups excluding carboxylic acids is 2. The van der Waals surface area contributed by atoms with E-state index in [9.17, 15) is 14.7 Å². The fourth-order valence-corrected chi connectivity index (χ4v) is 0.102. The average Bonchev–Trinajstić information content (AvgIpc) is 2.18. The van der Waals surface area contributed by atoms with Crippen LogP contribution < -0.4 is 34.7 Å². The van der Waals surface area contributed by atoms with Gasteiger partial charge < -0.3 is 24.9 Å². The summed E-state index contributed by atoms with van der Waals surface area (Å²) in [6.45, 7) is 5.72. The molecule has 0 aliphatic heterocycles. The molecule has 0 radical (unpaired) electrons. The zero-order valence-electron chi connectivity index (χ0n) is 10.6. The van der Waals surface area contributed by atoms with Crippen molar-refractivity contribution in [2.45, 2.75) is 27.7 Å². The molecule has 0 amide bonds. The molecule has 0 aliphatic carbocycles. The molecule has 0 bridgehead atoms. The maximum absolute atomic E-state index is 9.98. The van der Waals surface area contributed by atoms with Gasteiger partial charge >= 0.3 is 29.6 Å². The third-order valence-electron chi connectivity index (χ3n) is 1.67. The number of rotatable bonds is 4. The SMILES string of the molecule is CC(C)(C=O)CO.CC(C)(CO)C(=O)[O-].[Na+]. The first-order valence-corrected chi connectivity index (χ1v) is 4.52. The first kappa shape index (κ1) is 21.4. The van der Waals surface area contributed by atoms with Gasteiger partial charge in [-0.05, 0) is 0 Å². The molecule has 0 heterocycles. The Kier molecular flexibility index (Phi) is 12.2. The molecule has 0 atom stereocenters. The van der Waals surface area contributed by atoms with E-state index in [1.807, 2.05) is 0 Å². The van der Waals surface area contributed by atoms with Crippen molar-refractivity contribution in [2.75, 3.05) is 13.2 Å². The summed E-state index contributed by atoms with van der Waals surface area (Å²) in [6.07, 6.45) is 0.743. The number of hydrogen-bond acceptors (Lipinski definition) is 5. The topological polar surface area (TPSA) is 97.7 Å². The van der Waals surface area contributed by atoms with E-state index in [0.717, 1.165) is 6.29 Å². The Morgan fingerprint density at radius 1 is 1.19 bits per heavy atom. The van der Waals surface area contributed by atoms with Gasteiger partial charge in [-0.3, -0.25) is 0 Å². The molecule has 0 saturated heterocycles. The van der Waals surface area contributed by atoms with Gasteiger partial charge in [-0.1, -0.05) is 27.7 Å². The summed E-state index contributed by atoms with van der Waals surface area (Å²) >= 11 is 0. The number of aliphatic hydroxyl groups excluding tert-OH is 2. The number of carbonyl (C=O) groups is 2. The monoisotopic (exact) mass is 242 g/mol. The van der Waals surface area contributed by atoms with Crippen molar-refractivity contribution in [1.82, 2.24) is 0 Å². The molecular formula is C10H19NaO5. The minimum atomic E-state index is -1.22. The number of hydrogen-bond donors (Lipinski definition) is 2. The zero-order valence-corrected chi connectivity index (χ0v) is 12.6. The van der Waals surface area contributed by atoms with Gasteiger partial charge in [-0.2, -0.15) is 0 Å². The molecule has 0 fully saturated rings. The van der Waals surface area contributed by atoms with Crippen molar-refractivity contribution in [1.29, 1.82) is 0 Å². The van der Waals surface area contributed by atoms with Crippen molar-refractivity contribution in [3.8, 4) is 0 Å². The van der Waals surface area contributed by atoms with Crippen LogP contribution in [-0.2, 0) is 9.59 Å². The Labute approximate surface area is 118 Å². The molecule has 0 saturated carbocycles. The summed E-state index contributed by atoms with van der Waals surface area (Å²) in [7, 11) is 0. The van der Waals surface area contributed by atoms with Gasteiger partial charge in [0.05, 0.1) is 13.2 Å². The van der Waals surface area contributed by atoms with E-state index in [2.05, 4.69) is 0 Å². The second kappa shape index (κ2) is 9.13. The Balaban J connectivity index is -0.000000200. The van der Waals surface area contributed by atoms with Crippen molar-refractivity contribution in [3.05, 3.63) is 0 Å². The summed E-state index contributed by atoms with van der Waals surface area (Å²) in [4.78, 5) is 19.9. The molecule has 0 unspecified atom stereocenters. The summed E-state index contributed by atoms with van der Waals surface area (Å²) in [5.74, 6) is -1.22. The molecule has 0 rings (SSSR count). The maximum atomic E-state index is 9.98. The van der Waals surface area contributed by atoms with E-state index in [-0.39, 0.29) is 42.8 Å². The Morgan fingerprint density at radius 3 is 1.56 bits per heavy atom. The largest absolute Gasteiger partial charge is 1.00 e. The molecule has 90 valence electrons. The number of aldehydes is 1. The molecule has 0 aromatic rings. The summed E-state index contributed by atoms with van der Waals surface area (Å²) in [6, 6.07) is 0. The van der Waals surface area contributed by atoms with Crippen LogP contribution in [0.2, 0.25) is 0 Å². The first-order chi connectivity index (χ1) is 6.63. The standard InChI is InChI=1S/C5H10O3.C5H10O2.Na/c1-5(2,3-6)4(7)8;1-5(2,3-6)4-7;/h6H,3H2,1-2H3,(H,7,8);3,7H,4H2,1-2H3;/q;;+1/p-1. The van der Waals surface area contributed by atoms with E-state index in [1.165, 1.54) is 13.8 Å². The van der Waals surface area contributed by atoms with Gasteiger partial charge in [0.15, 0.2) is 0 Å². The summed E-state index contributed by atoms with van der Waals surface area (Å²) < 4.78 is 0. The molecule has 0 aliphatic rings. The normalized spacial score (nSPS) is 10.6. The molecule has 2 N–H and O–H groups in total. The molecule has 0 spiro atoms. The first-order valence-electron chi connectivity index (χ1n) is 4.52. The quantitative estimate of drug-likeness (QED) is 0.386. The van der Waals surface area contributed by atoms with Crippen LogP contribution in [0.4, 0.5) is 0 Å². The van der Waals surface area contributed by atoms with Crippen LogP contribution in [0, 0.1) is 10.8 Å². The fourth-order valence-electron chi connectivity index (χ4n) is 0.102. The number of carboxylic acids is 1. The Hall–Kier alpha value is 0.0600. The van der Waals surface area contributed by atoms with Crippen molar-refractivity contribution < 1.29 is 54.5 Å². The number of aliphatic carboxylic acids is 1. The van der Waals surface area contributed by atoms with Gasteiger partial charge in [-0.15, -0.1) is 0 Å². The molecule has 5 nitrogen and oxygen atoms in total. The van der Waals surface area contributed by atoms with Crippen LogP contribution in [0.25, 0.3) is 0 Å². The maximum Gasteiger partial charge on any atom is 1.00 e. The van der Waals surface area contributed by atoms with E-state index >= 15 is 0 Å². The molecule has 6 heteroatoms. The van der Waals surface area contributed by atoms with Crippen molar-refractivity contribution in [2.24, 2.45) is 10.8 Å². The van der Waals surface area contributed by atoms with Crippen molar-refractivity contribution in [3.63, 3.8) is 0 Å². The zero-order chi connectivity index (χ0) is 12.7. The van der Waals surface area contributed by atoms with E-state index < -0.39 is 16.8 Å². The molecule has 0 aromatic heterocycles. The minimum absolute atomic E-state index is 0. The third-order valence-corrected chi connectivity index (χ3v) is 1.67. The van der Waals surface area contributed by atoms with Crippen LogP contribution in [0.3, 0.4) is 0 Å². The number of aliphatic hydroxyl groups is 2. The van der Waals surface area contributed by atoms with Crippen LogP contribution in [0.5, 0.6) is 0 Å². The minimum Gasteiger partial charge on any atom is -0.549 e. The van der Waals surface area contributed by atoms with Crippen LogP contribution >= 0.6 is 0 Å². The van der Waals surface area contributed by atoms with Gasteiger partial charge in [0.25, 0.3) is 0 Å². The third kappa shape index (κ3) is 10.6. The number of carboxylic acid groups (broad SMARTS) is 1. The predicted molar refractivity (Wildman–Crippen MR) is 52.8 cm³/mol. The van der Waals surface area contributed by atoms with E-state index in [1.54, 1.807) is 13.8 Å². The molecule has 0 aromatic carbocycles. The second-order valence-electron chi connectivity index (χ2n) is 4.59. The predicted octanol–water partition coefficient (Wildman–Crippen LogP) is -4.04. The summed E-state index contributed by atoms with van der Waals surface area (Å²) in [5, 5.41) is 26.7. The van der Waals surface area contributed by atoms with E-state index in [0.29, 0.717) is 0 Å². The van der Waals surface area contributed by atoms with Crippen LogP contribution in [0.1, 0.15) is 27.7 Å². The van der Waals surface area contributed by atoms with Gasteiger partial charge in [0, 0.05) is 16.8 Å². The smallest absolute Gasteiger partial charge is 0.549 e. The molecule has 16 heavy (non-hydrogen) atoms. The Morgan fingerprint density at radius 2 is 1.56 bits per heavy atom.